The van der Waals surface area contributed by atoms with E-state index in [9.17, 15) is 4.79 Å². The maximum absolute atomic E-state index is 11.8. The van der Waals surface area contributed by atoms with Gasteiger partial charge in [-0.2, -0.15) is 0 Å². The van der Waals surface area contributed by atoms with Crippen LogP contribution in [0.4, 0.5) is 0 Å². The lowest BCUT2D eigenvalue weighted by Crippen LogP contribution is -2.45. The van der Waals surface area contributed by atoms with Gasteiger partial charge in [0.05, 0.1) is 6.42 Å². The normalized spacial score (nSPS) is 16.9. The molecule has 1 aromatic carbocycles. The molecule has 1 saturated heterocycles. The van der Waals surface area contributed by atoms with Gasteiger partial charge < -0.3 is 15.1 Å². The van der Waals surface area contributed by atoms with Gasteiger partial charge in [0, 0.05) is 37.7 Å². The highest BCUT2D eigenvalue weighted by molar-refractivity contribution is 6.30. The molecule has 4 nitrogen and oxygen atoms in total. The molecule has 2 rings (SSSR count). The zero-order valence-corrected chi connectivity index (χ0v) is 13.4. The second-order valence-electron chi connectivity index (χ2n) is 5.65. The highest BCUT2D eigenvalue weighted by atomic mass is 35.5. The van der Waals surface area contributed by atoms with E-state index in [1.54, 1.807) is 0 Å². The molecule has 0 saturated carbocycles. The molecule has 0 radical (unpaired) electrons. The van der Waals surface area contributed by atoms with Gasteiger partial charge in [-0.05, 0) is 37.7 Å². The van der Waals surface area contributed by atoms with Gasteiger partial charge in [0.2, 0.25) is 5.91 Å². The quantitative estimate of drug-likeness (QED) is 0.812. The number of amides is 1. The minimum absolute atomic E-state index is 0.0794. The van der Waals surface area contributed by atoms with Crippen molar-refractivity contribution in [1.82, 2.24) is 15.1 Å². The summed E-state index contributed by atoms with van der Waals surface area (Å²) in [5.41, 5.74) is 0.996. The summed E-state index contributed by atoms with van der Waals surface area (Å²) in [6, 6.07) is 7.42. The van der Waals surface area contributed by atoms with Gasteiger partial charge >= 0.3 is 0 Å². The van der Waals surface area contributed by atoms with Crippen LogP contribution in [-0.4, -0.2) is 62.0 Å². The summed E-state index contributed by atoms with van der Waals surface area (Å²) in [5, 5.41) is 3.69. The van der Waals surface area contributed by atoms with Crippen molar-refractivity contribution in [3.05, 3.63) is 34.9 Å². The molecule has 21 heavy (non-hydrogen) atoms. The first kappa shape index (κ1) is 16.3. The van der Waals surface area contributed by atoms with Crippen LogP contribution in [0.25, 0.3) is 0 Å². The van der Waals surface area contributed by atoms with Crippen LogP contribution in [0.2, 0.25) is 5.02 Å². The van der Waals surface area contributed by atoms with E-state index in [2.05, 4.69) is 22.2 Å². The van der Waals surface area contributed by atoms with Crippen molar-refractivity contribution in [2.45, 2.75) is 12.8 Å². The molecule has 0 unspecified atom stereocenters. The van der Waals surface area contributed by atoms with Crippen LogP contribution in [0.3, 0.4) is 0 Å². The summed E-state index contributed by atoms with van der Waals surface area (Å²) in [6.45, 7) is 6.37. The Bertz CT molecular complexity index is 441. The number of benzene rings is 1. The van der Waals surface area contributed by atoms with Crippen molar-refractivity contribution in [1.29, 1.82) is 0 Å². The Hall–Kier alpha value is -1.10. The molecule has 0 bridgehead atoms. The molecule has 5 heteroatoms. The van der Waals surface area contributed by atoms with E-state index in [-0.39, 0.29) is 5.91 Å². The summed E-state index contributed by atoms with van der Waals surface area (Å²) in [6.07, 6.45) is 1.43. The number of halogens is 1. The predicted molar refractivity (Wildman–Crippen MR) is 86.7 cm³/mol. The molecule has 1 fully saturated rings. The summed E-state index contributed by atoms with van der Waals surface area (Å²) in [7, 11) is 2.16. The average Bonchev–Trinajstić information content (AvgIpc) is 2.48. The summed E-state index contributed by atoms with van der Waals surface area (Å²) >= 11 is 5.83. The third kappa shape index (κ3) is 6.04. The number of nitrogens with one attached hydrogen (secondary N) is 1. The van der Waals surface area contributed by atoms with Gasteiger partial charge in [-0.25, -0.2) is 0 Å². The van der Waals surface area contributed by atoms with E-state index in [4.69, 9.17) is 11.6 Å². The number of nitrogens with zero attached hydrogens (tertiary/aromatic N) is 2. The van der Waals surface area contributed by atoms with Crippen molar-refractivity contribution in [3.63, 3.8) is 0 Å². The van der Waals surface area contributed by atoms with Gasteiger partial charge in [-0.3, -0.25) is 4.79 Å². The highest BCUT2D eigenvalue weighted by Gasteiger charge is 2.12. The molecule has 1 aliphatic rings. The summed E-state index contributed by atoms with van der Waals surface area (Å²) < 4.78 is 0. The van der Waals surface area contributed by atoms with Crippen molar-refractivity contribution in [2.75, 3.05) is 46.3 Å². The first-order valence-electron chi connectivity index (χ1n) is 7.55. The Morgan fingerprint density at radius 3 is 2.52 bits per heavy atom. The largest absolute Gasteiger partial charge is 0.356 e. The van der Waals surface area contributed by atoms with Crippen LogP contribution in [-0.2, 0) is 11.2 Å². The lowest BCUT2D eigenvalue weighted by molar-refractivity contribution is -0.120. The third-order valence-corrected chi connectivity index (χ3v) is 4.10. The lowest BCUT2D eigenvalue weighted by Gasteiger charge is -2.32. The Balaban J connectivity index is 1.58. The number of carbonyl (C=O) groups excluding carboxylic acids is 1. The molecule has 1 N–H and O–H groups in total. The fourth-order valence-corrected chi connectivity index (χ4v) is 2.58. The first-order chi connectivity index (χ1) is 10.1. The molecule has 0 aromatic heterocycles. The molecule has 1 amide bonds. The number of hydrogen-bond donors (Lipinski definition) is 1. The molecule has 0 spiro atoms. The average molecular weight is 310 g/mol. The van der Waals surface area contributed by atoms with Crippen LogP contribution in [0, 0.1) is 0 Å². The number of hydrogen-bond acceptors (Lipinski definition) is 3. The van der Waals surface area contributed by atoms with Gasteiger partial charge in [0.15, 0.2) is 0 Å². The van der Waals surface area contributed by atoms with Gasteiger partial charge in [-0.15, -0.1) is 0 Å². The summed E-state index contributed by atoms with van der Waals surface area (Å²) in [5.74, 6) is 0.0794. The number of piperazine rings is 1. The van der Waals surface area contributed by atoms with Crippen LogP contribution >= 0.6 is 11.6 Å². The van der Waals surface area contributed by atoms with Crippen molar-refractivity contribution in [3.8, 4) is 0 Å². The van der Waals surface area contributed by atoms with Gasteiger partial charge in [0.25, 0.3) is 0 Å². The maximum atomic E-state index is 11.8. The predicted octanol–water partition coefficient (Wildman–Crippen LogP) is 1.64. The standard InChI is InChI=1S/C16H24ClN3O/c1-19-9-11-20(12-10-19)8-2-7-18-16(21)13-14-3-5-15(17)6-4-14/h3-6H,2,7-13H2,1H3,(H,18,21). The van der Waals surface area contributed by atoms with E-state index in [0.29, 0.717) is 11.4 Å². The zero-order valence-electron chi connectivity index (χ0n) is 12.6. The SMILES string of the molecule is CN1CCN(CCCNC(=O)Cc2ccc(Cl)cc2)CC1. The van der Waals surface area contributed by atoms with Crippen molar-refractivity contribution >= 4 is 17.5 Å². The minimum atomic E-state index is 0.0794. The number of carbonyl (C=O) groups is 1. The molecule has 1 aromatic rings. The molecule has 116 valence electrons. The minimum Gasteiger partial charge on any atom is -0.356 e. The second-order valence-corrected chi connectivity index (χ2v) is 6.09. The van der Waals surface area contributed by atoms with Gasteiger partial charge in [0.1, 0.15) is 0 Å². The van der Waals surface area contributed by atoms with Crippen LogP contribution < -0.4 is 5.32 Å². The van der Waals surface area contributed by atoms with E-state index in [1.807, 2.05) is 24.3 Å². The molecule has 0 atom stereocenters. The summed E-state index contributed by atoms with van der Waals surface area (Å²) in [4.78, 5) is 16.6. The molecular weight excluding hydrogens is 286 g/mol. The van der Waals surface area contributed by atoms with Crippen LogP contribution in [0.5, 0.6) is 0 Å². The molecular formula is C16H24ClN3O. The van der Waals surface area contributed by atoms with E-state index in [0.717, 1.165) is 51.3 Å². The van der Waals surface area contributed by atoms with Crippen molar-refractivity contribution in [2.24, 2.45) is 0 Å². The number of likely N-dealkylation sites (N-methyl/N-ethyl adjacent to an activating group) is 1. The maximum Gasteiger partial charge on any atom is 0.224 e. The Morgan fingerprint density at radius 1 is 1.19 bits per heavy atom. The first-order valence-corrected chi connectivity index (χ1v) is 7.93. The monoisotopic (exact) mass is 309 g/mol. The Labute approximate surface area is 132 Å². The van der Waals surface area contributed by atoms with Gasteiger partial charge in [-0.1, -0.05) is 23.7 Å². The fourth-order valence-electron chi connectivity index (χ4n) is 2.45. The molecule has 1 aliphatic heterocycles. The molecule has 0 aliphatic carbocycles. The van der Waals surface area contributed by atoms with Crippen molar-refractivity contribution < 1.29 is 4.79 Å². The van der Waals surface area contributed by atoms with E-state index >= 15 is 0 Å². The fraction of sp³-hybridized carbons (Fsp3) is 0.562. The highest BCUT2D eigenvalue weighted by Crippen LogP contribution is 2.09. The topological polar surface area (TPSA) is 35.6 Å². The third-order valence-electron chi connectivity index (χ3n) is 3.85. The Morgan fingerprint density at radius 2 is 1.86 bits per heavy atom. The Kier molecular flexibility index (Phi) is 6.49. The smallest absolute Gasteiger partial charge is 0.224 e. The van der Waals surface area contributed by atoms with E-state index in [1.165, 1.54) is 0 Å². The second kappa shape index (κ2) is 8.37. The van der Waals surface area contributed by atoms with Crippen LogP contribution in [0.15, 0.2) is 24.3 Å². The van der Waals surface area contributed by atoms with E-state index < -0.39 is 0 Å². The lowest BCUT2D eigenvalue weighted by atomic mass is 10.1. The number of rotatable bonds is 6. The zero-order chi connectivity index (χ0) is 15.1. The van der Waals surface area contributed by atoms with Crippen LogP contribution in [0.1, 0.15) is 12.0 Å². The molecule has 1 heterocycles.